The van der Waals surface area contributed by atoms with E-state index < -0.39 is 0 Å². The molecule has 98 valence electrons. The predicted octanol–water partition coefficient (Wildman–Crippen LogP) is 2.03. The number of ether oxygens (including phenoxy) is 1. The van der Waals surface area contributed by atoms with Gasteiger partial charge in [0.2, 0.25) is 0 Å². The van der Waals surface area contributed by atoms with Crippen LogP contribution in [0.25, 0.3) is 0 Å². The zero-order chi connectivity index (χ0) is 13.3. The molecule has 1 saturated heterocycles. The third kappa shape index (κ3) is 2.52. The second-order valence-electron chi connectivity index (χ2n) is 4.36. The highest BCUT2D eigenvalue weighted by Gasteiger charge is 2.36. The number of esters is 1. The molecule has 1 aromatic heterocycles. The van der Waals surface area contributed by atoms with Gasteiger partial charge in [0, 0.05) is 19.2 Å². The smallest absolute Gasteiger partial charge is 0.310 e. The molecule has 18 heavy (non-hydrogen) atoms. The zero-order valence-corrected chi connectivity index (χ0v) is 11.6. The van der Waals surface area contributed by atoms with Crippen LogP contribution in [0, 0.1) is 11.8 Å². The van der Waals surface area contributed by atoms with Crippen molar-refractivity contribution in [1.82, 2.24) is 10.2 Å². The van der Waals surface area contributed by atoms with Crippen LogP contribution in [0.5, 0.6) is 0 Å². The standard InChI is InChI=1S/C11H13Cl2N3O2/c1-6-4-16(5-7(6)11(17)18-2)8-3-9(12)14-15-10(8)13/h3,6-7H,4-5H2,1-2H3. The first-order valence-corrected chi connectivity index (χ1v) is 6.30. The molecule has 7 heteroatoms. The summed E-state index contributed by atoms with van der Waals surface area (Å²) in [5.41, 5.74) is 0.704. The van der Waals surface area contributed by atoms with Crippen molar-refractivity contribution in [1.29, 1.82) is 0 Å². The highest BCUT2D eigenvalue weighted by atomic mass is 35.5. The number of hydrogen-bond donors (Lipinski definition) is 0. The number of hydrogen-bond acceptors (Lipinski definition) is 5. The second kappa shape index (κ2) is 5.28. The largest absolute Gasteiger partial charge is 0.469 e. The molecular weight excluding hydrogens is 277 g/mol. The Morgan fingerprint density at radius 1 is 1.44 bits per heavy atom. The van der Waals surface area contributed by atoms with Crippen LogP contribution in [-0.4, -0.2) is 36.4 Å². The molecular formula is C11H13Cl2N3O2. The quantitative estimate of drug-likeness (QED) is 0.780. The maximum atomic E-state index is 11.6. The minimum Gasteiger partial charge on any atom is -0.469 e. The Kier molecular flexibility index (Phi) is 3.92. The Labute approximate surface area is 115 Å². The minimum absolute atomic E-state index is 0.155. The molecule has 1 aromatic rings. The monoisotopic (exact) mass is 289 g/mol. The van der Waals surface area contributed by atoms with Crippen molar-refractivity contribution in [3.05, 3.63) is 16.4 Å². The summed E-state index contributed by atoms with van der Waals surface area (Å²) >= 11 is 11.8. The Morgan fingerprint density at radius 2 is 2.17 bits per heavy atom. The van der Waals surface area contributed by atoms with Crippen molar-refractivity contribution >= 4 is 34.9 Å². The molecule has 0 bridgehead atoms. The van der Waals surface area contributed by atoms with E-state index in [2.05, 4.69) is 10.2 Å². The molecule has 1 fully saturated rings. The fourth-order valence-corrected chi connectivity index (χ4v) is 2.54. The number of rotatable bonds is 2. The van der Waals surface area contributed by atoms with Crippen LogP contribution in [0.1, 0.15) is 6.92 Å². The van der Waals surface area contributed by atoms with Crippen molar-refractivity contribution in [2.24, 2.45) is 11.8 Å². The van der Waals surface area contributed by atoms with Gasteiger partial charge in [-0.3, -0.25) is 4.79 Å². The van der Waals surface area contributed by atoms with Crippen LogP contribution in [0.3, 0.4) is 0 Å². The van der Waals surface area contributed by atoms with E-state index in [0.29, 0.717) is 18.8 Å². The van der Waals surface area contributed by atoms with Crippen LogP contribution in [0.4, 0.5) is 5.69 Å². The van der Waals surface area contributed by atoms with Crippen LogP contribution >= 0.6 is 23.2 Å². The Morgan fingerprint density at radius 3 is 2.83 bits per heavy atom. The highest BCUT2D eigenvalue weighted by Crippen LogP contribution is 2.33. The third-order valence-electron chi connectivity index (χ3n) is 3.16. The molecule has 0 radical (unpaired) electrons. The molecule has 0 amide bonds. The van der Waals surface area contributed by atoms with Gasteiger partial charge in [0.05, 0.1) is 18.7 Å². The first kappa shape index (κ1) is 13.4. The average Bonchev–Trinajstić information content (AvgIpc) is 2.73. The van der Waals surface area contributed by atoms with Gasteiger partial charge in [-0.1, -0.05) is 30.1 Å². The van der Waals surface area contributed by atoms with Crippen LogP contribution in [0.2, 0.25) is 10.3 Å². The van der Waals surface area contributed by atoms with E-state index in [-0.39, 0.29) is 28.1 Å². The number of carbonyl (C=O) groups is 1. The Balaban J connectivity index is 2.21. The summed E-state index contributed by atoms with van der Waals surface area (Å²) in [5, 5.41) is 8.00. The summed E-state index contributed by atoms with van der Waals surface area (Å²) in [7, 11) is 1.40. The molecule has 1 aliphatic heterocycles. The van der Waals surface area contributed by atoms with Gasteiger partial charge in [0.1, 0.15) is 0 Å². The van der Waals surface area contributed by atoms with Crippen molar-refractivity contribution in [2.75, 3.05) is 25.1 Å². The molecule has 0 saturated carbocycles. The lowest BCUT2D eigenvalue weighted by Crippen LogP contribution is -2.24. The van der Waals surface area contributed by atoms with Gasteiger partial charge in [-0.25, -0.2) is 0 Å². The number of methoxy groups -OCH3 is 1. The molecule has 2 unspecified atom stereocenters. The van der Waals surface area contributed by atoms with Crippen molar-refractivity contribution < 1.29 is 9.53 Å². The molecule has 0 spiro atoms. The van der Waals surface area contributed by atoms with E-state index >= 15 is 0 Å². The lowest BCUT2D eigenvalue weighted by Gasteiger charge is -2.18. The van der Waals surface area contributed by atoms with Crippen molar-refractivity contribution in [2.45, 2.75) is 6.92 Å². The molecule has 0 aromatic carbocycles. The minimum atomic E-state index is -0.200. The number of anilines is 1. The first-order chi connectivity index (χ1) is 8.52. The van der Waals surface area contributed by atoms with E-state index in [1.807, 2.05) is 11.8 Å². The number of nitrogens with zero attached hydrogens (tertiary/aromatic N) is 3. The van der Waals surface area contributed by atoms with Crippen LogP contribution in [-0.2, 0) is 9.53 Å². The maximum Gasteiger partial charge on any atom is 0.310 e. The Bertz CT molecular complexity index is 470. The fraction of sp³-hybridized carbons (Fsp3) is 0.545. The summed E-state index contributed by atoms with van der Waals surface area (Å²) in [6, 6.07) is 1.66. The normalized spacial score (nSPS) is 23.2. The third-order valence-corrected chi connectivity index (χ3v) is 3.61. The molecule has 2 rings (SSSR count). The van der Waals surface area contributed by atoms with Gasteiger partial charge >= 0.3 is 5.97 Å². The summed E-state index contributed by atoms with van der Waals surface area (Å²) < 4.78 is 4.79. The van der Waals surface area contributed by atoms with Gasteiger partial charge in [0.25, 0.3) is 0 Å². The summed E-state index contributed by atoms with van der Waals surface area (Å²) in [4.78, 5) is 13.6. The van der Waals surface area contributed by atoms with E-state index in [4.69, 9.17) is 27.9 Å². The fourth-order valence-electron chi connectivity index (χ4n) is 2.19. The van der Waals surface area contributed by atoms with Gasteiger partial charge in [-0.2, -0.15) is 0 Å². The Hall–Kier alpha value is -1.07. The number of aromatic nitrogens is 2. The first-order valence-electron chi connectivity index (χ1n) is 5.54. The topological polar surface area (TPSA) is 55.3 Å². The number of carbonyl (C=O) groups excluding carboxylic acids is 1. The van der Waals surface area contributed by atoms with Gasteiger partial charge in [0.15, 0.2) is 10.3 Å². The zero-order valence-electron chi connectivity index (χ0n) is 10.1. The lowest BCUT2D eigenvalue weighted by molar-refractivity contribution is -0.145. The van der Waals surface area contributed by atoms with Crippen LogP contribution < -0.4 is 4.90 Å². The SMILES string of the molecule is COC(=O)C1CN(c2cc(Cl)nnc2Cl)CC1C. The molecule has 5 nitrogen and oxygen atoms in total. The lowest BCUT2D eigenvalue weighted by atomic mass is 9.99. The van der Waals surface area contributed by atoms with Gasteiger partial charge in [-0.05, 0) is 5.92 Å². The van der Waals surface area contributed by atoms with Gasteiger partial charge < -0.3 is 9.64 Å². The van der Waals surface area contributed by atoms with E-state index in [1.165, 1.54) is 7.11 Å². The van der Waals surface area contributed by atoms with Crippen molar-refractivity contribution in [3.8, 4) is 0 Å². The van der Waals surface area contributed by atoms with Gasteiger partial charge in [-0.15, -0.1) is 10.2 Å². The van der Waals surface area contributed by atoms with E-state index in [0.717, 1.165) is 0 Å². The van der Waals surface area contributed by atoms with Crippen molar-refractivity contribution in [3.63, 3.8) is 0 Å². The van der Waals surface area contributed by atoms with E-state index in [1.54, 1.807) is 6.07 Å². The van der Waals surface area contributed by atoms with E-state index in [9.17, 15) is 4.79 Å². The molecule has 0 aliphatic carbocycles. The molecule has 0 N–H and O–H groups in total. The molecule has 2 atom stereocenters. The second-order valence-corrected chi connectivity index (χ2v) is 5.10. The summed E-state index contributed by atoms with van der Waals surface area (Å²) in [6.07, 6.45) is 0. The predicted molar refractivity (Wildman–Crippen MR) is 68.9 cm³/mol. The molecule has 2 heterocycles. The summed E-state index contributed by atoms with van der Waals surface area (Å²) in [6.45, 7) is 3.27. The summed E-state index contributed by atoms with van der Waals surface area (Å²) in [5.74, 6) is -0.160. The van der Waals surface area contributed by atoms with Crippen LogP contribution in [0.15, 0.2) is 6.07 Å². The maximum absolute atomic E-state index is 11.6. The average molecular weight is 290 g/mol. The molecule has 1 aliphatic rings. The number of halogens is 2. The highest BCUT2D eigenvalue weighted by molar-refractivity contribution is 6.33.